The number of hydrogen-bond acceptors (Lipinski definition) is 5. The summed E-state index contributed by atoms with van der Waals surface area (Å²) in [5, 5.41) is 12.0. The molecule has 0 bridgehead atoms. The van der Waals surface area contributed by atoms with E-state index >= 15 is 0 Å². The van der Waals surface area contributed by atoms with Gasteiger partial charge in [0, 0.05) is 12.8 Å². The third-order valence-electron chi connectivity index (χ3n) is 10.1. The Morgan fingerprint density at radius 1 is 0.517 bits per heavy atom. The summed E-state index contributed by atoms with van der Waals surface area (Å²) in [6.45, 7) is 4.78. The van der Waals surface area contributed by atoms with Gasteiger partial charge >= 0.3 is 11.9 Å². The highest BCUT2D eigenvalue weighted by Gasteiger charge is 2.19. The second-order valence-corrected chi connectivity index (χ2v) is 15.8. The van der Waals surface area contributed by atoms with Gasteiger partial charge in [0.05, 0.1) is 0 Å². The predicted octanol–water partition coefficient (Wildman–Crippen LogP) is 14.2. The Morgan fingerprint density at radius 2 is 0.967 bits per heavy atom. The van der Waals surface area contributed by atoms with Crippen LogP contribution < -0.4 is 11.1 Å². The van der Waals surface area contributed by atoms with Gasteiger partial charge in [-0.05, 0) is 122 Å². The Labute approximate surface area is 367 Å². The largest absolute Gasteiger partial charge is 0.480 e. The molecular weight excluding hydrogens is 745 g/mol. The minimum atomic E-state index is -1.04. The molecule has 0 heterocycles. The van der Waals surface area contributed by atoms with Gasteiger partial charge < -0.3 is 20.9 Å². The van der Waals surface area contributed by atoms with Gasteiger partial charge in [0.15, 0.2) is 0 Å². The number of ether oxygens (including phenoxy) is 1. The molecule has 1 amide bonds. The lowest BCUT2D eigenvalue weighted by molar-refractivity contribution is -0.147. The summed E-state index contributed by atoms with van der Waals surface area (Å²) in [5.74, 6) is -1.50. The number of allylic oxidation sites excluding steroid dienone is 15. The van der Waals surface area contributed by atoms with E-state index in [4.69, 9.17) is 10.5 Å². The first kappa shape index (κ1) is 56.3. The van der Waals surface area contributed by atoms with E-state index in [0.717, 1.165) is 70.6 Å². The molecule has 0 radical (unpaired) electrons. The monoisotopic (exact) mass is 833 g/mol. The van der Waals surface area contributed by atoms with Crippen molar-refractivity contribution in [3.8, 4) is 0 Å². The molecule has 0 spiro atoms. The molecule has 0 rings (SSSR count). The molecule has 0 aromatic carbocycles. The van der Waals surface area contributed by atoms with Gasteiger partial charge in [0.2, 0.25) is 5.91 Å². The van der Waals surface area contributed by atoms with Gasteiger partial charge in [-0.3, -0.25) is 9.59 Å². The number of rotatable bonds is 42. The zero-order chi connectivity index (χ0) is 43.8. The lowest BCUT2D eigenvalue weighted by Crippen LogP contribution is -2.40. The quantitative estimate of drug-likeness (QED) is 0.0320. The first-order valence-electron chi connectivity index (χ1n) is 24.1. The lowest BCUT2D eigenvalue weighted by atomic mass is 10.1. The normalized spacial score (nSPS) is 13.5. The van der Waals surface area contributed by atoms with Crippen LogP contribution in [0, 0.1) is 0 Å². The van der Waals surface area contributed by atoms with E-state index in [-0.39, 0.29) is 24.4 Å². The van der Waals surface area contributed by atoms with E-state index in [1.54, 1.807) is 0 Å². The van der Waals surface area contributed by atoms with Crippen LogP contribution in [0.3, 0.4) is 0 Å². The molecule has 4 N–H and O–H groups in total. The first-order chi connectivity index (χ1) is 29.4. The van der Waals surface area contributed by atoms with Gasteiger partial charge in [-0.2, -0.15) is 0 Å². The summed E-state index contributed by atoms with van der Waals surface area (Å²) in [5.41, 5.74) is 5.51. The number of unbranched alkanes of at least 4 members (excludes halogenated alkanes) is 14. The van der Waals surface area contributed by atoms with Gasteiger partial charge in [0.1, 0.15) is 12.1 Å². The fourth-order valence-corrected chi connectivity index (χ4v) is 6.52. The van der Waals surface area contributed by atoms with Crippen LogP contribution in [-0.4, -0.2) is 41.6 Å². The molecule has 0 saturated carbocycles. The molecule has 2 atom stereocenters. The van der Waals surface area contributed by atoms with Crippen LogP contribution in [0.25, 0.3) is 0 Å². The molecule has 0 aliphatic rings. The predicted molar refractivity (Wildman–Crippen MR) is 257 cm³/mol. The number of carboxylic acid groups (broad SMARTS) is 1. The fourth-order valence-electron chi connectivity index (χ4n) is 6.52. The third-order valence-corrected chi connectivity index (χ3v) is 10.1. The zero-order valence-electron chi connectivity index (χ0n) is 38.3. The van der Waals surface area contributed by atoms with Crippen LogP contribution in [-0.2, 0) is 19.1 Å². The van der Waals surface area contributed by atoms with Crippen LogP contribution in [0.2, 0.25) is 0 Å². The highest BCUT2D eigenvalue weighted by Crippen LogP contribution is 2.15. The van der Waals surface area contributed by atoms with Crippen molar-refractivity contribution in [2.24, 2.45) is 5.73 Å². The van der Waals surface area contributed by atoms with Crippen molar-refractivity contribution in [2.75, 3.05) is 6.54 Å². The topological polar surface area (TPSA) is 119 Å². The van der Waals surface area contributed by atoms with E-state index in [1.807, 2.05) is 12.2 Å². The number of aliphatic carboxylic acids is 1. The van der Waals surface area contributed by atoms with Gasteiger partial charge in [-0.25, -0.2) is 4.79 Å². The number of nitrogens with two attached hydrogens (primary N) is 1. The number of hydrogen-bond donors (Lipinski definition) is 3. The minimum absolute atomic E-state index is 0.174. The highest BCUT2D eigenvalue weighted by atomic mass is 16.5. The van der Waals surface area contributed by atoms with E-state index in [0.29, 0.717) is 45.1 Å². The molecule has 0 aliphatic heterocycles. The molecule has 0 aromatic rings. The van der Waals surface area contributed by atoms with Crippen molar-refractivity contribution in [2.45, 2.75) is 212 Å². The number of nitrogens with one attached hydrogen (secondary N) is 1. The second kappa shape index (κ2) is 46.4. The maximum absolute atomic E-state index is 12.8. The maximum atomic E-state index is 12.8. The summed E-state index contributed by atoms with van der Waals surface area (Å²) in [4.78, 5) is 36.7. The average molecular weight is 833 g/mol. The second-order valence-electron chi connectivity index (χ2n) is 15.8. The molecule has 60 heavy (non-hydrogen) atoms. The lowest BCUT2D eigenvalue weighted by Gasteiger charge is -2.16. The summed E-state index contributed by atoms with van der Waals surface area (Å²) < 4.78 is 5.89. The summed E-state index contributed by atoms with van der Waals surface area (Å²) >= 11 is 0. The molecule has 0 saturated heterocycles. The molecule has 0 aliphatic carbocycles. The average Bonchev–Trinajstić information content (AvgIpc) is 3.23. The fraction of sp³-hybridized carbons (Fsp3) is 0.642. The van der Waals surface area contributed by atoms with E-state index < -0.39 is 12.0 Å². The highest BCUT2D eigenvalue weighted by molar-refractivity contribution is 5.83. The molecule has 340 valence electrons. The van der Waals surface area contributed by atoms with Crippen molar-refractivity contribution in [3.05, 3.63) is 97.2 Å². The third kappa shape index (κ3) is 42.4. The first-order valence-corrected chi connectivity index (χ1v) is 24.1. The van der Waals surface area contributed by atoms with Crippen LogP contribution in [0.1, 0.15) is 200 Å². The molecule has 0 aromatic heterocycles. The Morgan fingerprint density at radius 3 is 1.47 bits per heavy atom. The molecule has 2 unspecified atom stereocenters. The Balaban J connectivity index is 4.41. The van der Waals surface area contributed by atoms with Crippen LogP contribution in [0.5, 0.6) is 0 Å². The van der Waals surface area contributed by atoms with Gasteiger partial charge in [-0.1, -0.05) is 169 Å². The maximum Gasteiger partial charge on any atom is 0.326 e. The molecule has 7 heteroatoms. The number of carboxylic acids is 1. The van der Waals surface area contributed by atoms with E-state index in [2.05, 4.69) is 104 Å². The van der Waals surface area contributed by atoms with Crippen molar-refractivity contribution in [1.82, 2.24) is 5.32 Å². The summed E-state index contributed by atoms with van der Waals surface area (Å²) in [6, 6.07) is -0.918. The Bertz CT molecular complexity index is 1260. The smallest absolute Gasteiger partial charge is 0.326 e. The zero-order valence-corrected chi connectivity index (χ0v) is 38.3. The number of carbonyl (C=O) groups is 3. The minimum Gasteiger partial charge on any atom is -0.480 e. The molecule has 0 fully saturated rings. The summed E-state index contributed by atoms with van der Waals surface area (Å²) in [7, 11) is 0. The SMILES string of the molecule is CC/C=C\C/C=C\C/C=C\C/C=C\C/C=C\C(CCCCC(=O)NC(CCCN)C(=O)O)OC(=O)CCCCCCCCCC/C=C\C/C=C\C/C=C\CCCCCCC. The molecular formula is C53H88N2O5. The Hall–Kier alpha value is -3.71. The van der Waals surface area contributed by atoms with E-state index in [9.17, 15) is 19.5 Å². The van der Waals surface area contributed by atoms with Crippen LogP contribution in [0.15, 0.2) is 97.2 Å². The number of esters is 1. The standard InChI is InChI=1S/C53H88N2O5/c1-3-5-7-9-11-13-15-17-19-20-21-22-23-24-25-26-27-29-31-33-35-37-39-47-52(57)60-49(44-40-41-46-51(56)55-50(53(58)59)45-42-48-54)43-38-36-34-32-30-28-18-16-14-12-10-8-6-4-2/h6,8,12,14-15,17-18,20-21,23-24,28,32,34,38,43,49-50H,3-5,7,9-11,13,16,19,22,25-27,29-31,33,35-37,39-42,44-48,54H2,1-2H3,(H,55,56)(H,58,59)/b8-6-,14-12-,17-15-,21-20-,24-23-,28-18-,34-32-,43-38-. The van der Waals surface area contributed by atoms with Crippen molar-refractivity contribution in [3.63, 3.8) is 0 Å². The van der Waals surface area contributed by atoms with Crippen molar-refractivity contribution < 1.29 is 24.2 Å². The molecule has 7 nitrogen and oxygen atoms in total. The van der Waals surface area contributed by atoms with Gasteiger partial charge in [-0.15, -0.1) is 0 Å². The van der Waals surface area contributed by atoms with Crippen molar-refractivity contribution in [1.29, 1.82) is 0 Å². The summed E-state index contributed by atoms with van der Waals surface area (Å²) in [6.07, 6.45) is 63.2. The number of carbonyl (C=O) groups excluding carboxylic acids is 2. The number of amides is 1. The Kier molecular flexibility index (Phi) is 43.5. The van der Waals surface area contributed by atoms with Crippen molar-refractivity contribution >= 4 is 17.8 Å². The van der Waals surface area contributed by atoms with Crippen LogP contribution >= 0.6 is 0 Å². The van der Waals surface area contributed by atoms with Crippen LogP contribution in [0.4, 0.5) is 0 Å². The van der Waals surface area contributed by atoms with E-state index in [1.165, 1.54) is 70.6 Å². The van der Waals surface area contributed by atoms with Gasteiger partial charge in [0.25, 0.3) is 0 Å².